The van der Waals surface area contributed by atoms with Crippen molar-refractivity contribution in [3.63, 3.8) is 0 Å². The van der Waals surface area contributed by atoms with Gasteiger partial charge in [0, 0.05) is 43.8 Å². The second-order valence-electron chi connectivity index (χ2n) is 8.44. The van der Waals surface area contributed by atoms with E-state index in [0.29, 0.717) is 12.1 Å². The first-order chi connectivity index (χ1) is 15.1. The number of anilines is 1. The summed E-state index contributed by atoms with van der Waals surface area (Å²) >= 11 is 0. The summed E-state index contributed by atoms with van der Waals surface area (Å²) in [7, 11) is 0. The fraction of sp³-hybridized carbons (Fsp3) is 0.385. The Bertz CT molecular complexity index is 1030. The quantitative estimate of drug-likeness (QED) is 0.587. The van der Waals surface area contributed by atoms with Gasteiger partial charge >= 0.3 is 0 Å². The third-order valence-corrected chi connectivity index (χ3v) is 6.09. The average molecular weight is 417 g/mol. The molecule has 1 aromatic heterocycles. The zero-order valence-corrected chi connectivity index (χ0v) is 18.6. The van der Waals surface area contributed by atoms with Crippen LogP contribution in [0.25, 0.3) is 10.9 Å². The molecule has 0 spiro atoms. The van der Waals surface area contributed by atoms with Gasteiger partial charge in [0.2, 0.25) is 0 Å². The van der Waals surface area contributed by atoms with Gasteiger partial charge in [-0.15, -0.1) is 0 Å². The van der Waals surface area contributed by atoms with Crippen molar-refractivity contribution in [2.75, 3.05) is 44.2 Å². The van der Waals surface area contributed by atoms with Crippen LogP contribution < -0.4 is 10.2 Å². The van der Waals surface area contributed by atoms with E-state index in [-0.39, 0.29) is 5.91 Å². The van der Waals surface area contributed by atoms with Crippen molar-refractivity contribution in [3.05, 3.63) is 71.4 Å². The van der Waals surface area contributed by atoms with E-state index in [2.05, 4.69) is 69.5 Å². The first-order valence-corrected chi connectivity index (χ1v) is 11.3. The molecule has 1 aliphatic rings. The van der Waals surface area contributed by atoms with E-state index in [0.717, 1.165) is 62.2 Å². The molecule has 31 heavy (non-hydrogen) atoms. The van der Waals surface area contributed by atoms with Crippen molar-refractivity contribution in [2.24, 2.45) is 0 Å². The predicted molar refractivity (Wildman–Crippen MR) is 128 cm³/mol. The van der Waals surface area contributed by atoms with Gasteiger partial charge in [0.25, 0.3) is 5.91 Å². The Kier molecular flexibility index (Phi) is 6.82. The number of amides is 1. The minimum Gasteiger partial charge on any atom is -0.369 e. The molecule has 2 heterocycles. The number of pyridine rings is 1. The summed E-state index contributed by atoms with van der Waals surface area (Å²) in [5, 5.41) is 4.10. The normalized spacial score (nSPS) is 14.7. The van der Waals surface area contributed by atoms with E-state index in [1.807, 2.05) is 19.1 Å². The van der Waals surface area contributed by atoms with E-state index in [1.165, 1.54) is 11.3 Å². The Hall–Kier alpha value is -2.92. The molecule has 1 saturated heterocycles. The molecule has 162 valence electrons. The predicted octanol–water partition coefficient (Wildman–Crippen LogP) is 4.18. The number of aryl methyl sites for hydroxylation is 2. The van der Waals surface area contributed by atoms with Crippen molar-refractivity contribution < 1.29 is 4.79 Å². The largest absolute Gasteiger partial charge is 0.369 e. The van der Waals surface area contributed by atoms with Crippen LogP contribution >= 0.6 is 0 Å². The summed E-state index contributed by atoms with van der Waals surface area (Å²) in [5.41, 5.74) is 4.89. The van der Waals surface area contributed by atoms with Crippen LogP contribution in [0, 0.1) is 13.8 Å². The number of para-hydroxylation sites is 1. The Morgan fingerprint density at radius 2 is 1.74 bits per heavy atom. The van der Waals surface area contributed by atoms with Crippen LogP contribution in [0.2, 0.25) is 0 Å². The summed E-state index contributed by atoms with van der Waals surface area (Å²) in [6.07, 6.45) is 2.09. The highest BCUT2D eigenvalue weighted by Gasteiger charge is 2.16. The van der Waals surface area contributed by atoms with E-state index in [9.17, 15) is 4.79 Å². The molecule has 0 unspecified atom stereocenters. The molecule has 1 aliphatic heterocycles. The molecule has 2 aromatic carbocycles. The Labute approximate surface area is 185 Å². The number of nitrogens with one attached hydrogen (secondary N) is 1. The molecular formula is C26H32N4O. The van der Waals surface area contributed by atoms with Gasteiger partial charge in [0.1, 0.15) is 0 Å². The van der Waals surface area contributed by atoms with E-state index < -0.39 is 0 Å². The zero-order chi connectivity index (χ0) is 21.6. The topological polar surface area (TPSA) is 48.5 Å². The van der Waals surface area contributed by atoms with Crippen molar-refractivity contribution in [1.29, 1.82) is 0 Å². The molecule has 5 heteroatoms. The average Bonchev–Trinajstić information content (AvgIpc) is 2.79. The third-order valence-electron chi connectivity index (χ3n) is 6.09. The second-order valence-corrected chi connectivity index (χ2v) is 8.44. The number of aromatic nitrogens is 1. The number of benzene rings is 2. The molecule has 1 fully saturated rings. The first kappa shape index (κ1) is 21.3. The van der Waals surface area contributed by atoms with Crippen LogP contribution in [0.3, 0.4) is 0 Å². The molecule has 0 saturated carbocycles. The highest BCUT2D eigenvalue weighted by molar-refractivity contribution is 5.98. The molecule has 1 N–H and O–H groups in total. The molecule has 5 nitrogen and oxygen atoms in total. The van der Waals surface area contributed by atoms with Gasteiger partial charge in [-0.05, 0) is 63.6 Å². The molecule has 0 bridgehead atoms. The summed E-state index contributed by atoms with van der Waals surface area (Å²) in [4.78, 5) is 22.2. The first-order valence-electron chi connectivity index (χ1n) is 11.3. The van der Waals surface area contributed by atoms with Crippen LogP contribution in [0.15, 0.2) is 54.6 Å². The van der Waals surface area contributed by atoms with Crippen molar-refractivity contribution in [2.45, 2.75) is 26.7 Å². The monoisotopic (exact) mass is 416 g/mol. The molecule has 4 rings (SSSR count). The Balaban J connectivity index is 1.19. The lowest BCUT2D eigenvalue weighted by molar-refractivity contribution is 0.0951. The lowest BCUT2D eigenvalue weighted by Gasteiger charge is -2.36. The van der Waals surface area contributed by atoms with E-state index in [4.69, 9.17) is 0 Å². The number of fused-ring (bicyclic) bond motifs is 1. The fourth-order valence-electron chi connectivity index (χ4n) is 4.25. The van der Waals surface area contributed by atoms with Crippen LogP contribution in [-0.4, -0.2) is 55.1 Å². The third kappa shape index (κ3) is 5.42. The van der Waals surface area contributed by atoms with Gasteiger partial charge < -0.3 is 10.2 Å². The molecule has 1 amide bonds. The minimum absolute atomic E-state index is 0.0233. The summed E-state index contributed by atoms with van der Waals surface area (Å²) < 4.78 is 0. The van der Waals surface area contributed by atoms with Gasteiger partial charge in [-0.1, -0.05) is 29.8 Å². The maximum atomic E-state index is 12.7. The van der Waals surface area contributed by atoms with Gasteiger partial charge in [0.05, 0.1) is 16.8 Å². The number of hydrogen-bond acceptors (Lipinski definition) is 4. The molecule has 3 aromatic rings. The summed E-state index contributed by atoms with van der Waals surface area (Å²) in [5.74, 6) is -0.0233. The molecule has 0 aliphatic carbocycles. The smallest absolute Gasteiger partial charge is 0.253 e. The number of unbranched alkanes of at least 4 members (excludes halogenated alkanes) is 1. The highest BCUT2D eigenvalue weighted by Crippen LogP contribution is 2.18. The van der Waals surface area contributed by atoms with Crippen molar-refractivity contribution in [1.82, 2.24) is 15.2 Å². The fourth-order valence-corrected chi connectivity index (χ4v) is 4.25. The van der Waals surface area contributed by atoms with Gasteiger partial charge in [-0.25, -0.2) is 0 Å². The second kappa shape index (κ2) is 9.92. The minimum atomic E-state index is -0.0233. The lowest BCUT2D eigenvalue weighted by Crippen LogP contribution is -2.46. The standard InChI is InChI=1S/C26H32N4O/c1-20-10-11-25-22(18-20)19-24(21(2)28-25)26(31)27-12-6-7-13-29-14-16-30(17-15-29)23-8-4-3-5-9-23/h3-5,8-11,18-19H,6-7,12-17H2,1-2H3,(H,27,31). The van der Waals surface area contributed by atoms with Crippen LogP contribution in [-0.2, 0) is 0 Å². The van der Waals surface area contributed by atoms with Gasteiger partial charge in [-0.2, -0.15) is 0 Å². The van der Waals surface area contributed by atoms with Gasteiger partial charge in [0.15, 0.2) is 0 Å². The van der Waals surface area contributed by atoms with Crippen molar-refractivity contribution in [3.8, 4) is 0 Å². The zero-order valence-electron chi connectivity index (χ0n) is 18.6. The number of nitrogens with zero attached hydrogens (tertiary/aromatic N) is 3. The van der Waals surface area contributed by atoms with Crippen molar-refractivity contribution >= 4 is 22.5 Å². The lowest BCUT2D eigenvalue weighted by atomic mass is 10.1. The summed E-state index contributed by atoms with van der Waals surface area (Å²) in [6.45, 7) is 10.1. The highest BCUT2D eigenvalue weighted by atomic mass is 16.1. The molecule has 0 atom stereocenters. The SMILES string of the molecule is Cc1ccc2nc(C)c(C(=O)NCCCCN3CCN(c4ccccc4)CC3)cc2c1. The summed E-state index contributed by atoms with van der Waals surface area (Å²) in [6, 6.07) is 18.8. The molecule has 0 radical (unpaired) electrons. The van der Waals surface area contributed by atoms with E-state index >= 15 is 0 Å². The Morgan fingerprint density at radius 3 is 2.52 bits per heavy atom. The van der Waals surface area contributed by atoms with Crippen LogP contribution in [0.4, 0.5) is 5.69 Å². The van der Waals surface area contributed by atoms with Crippen LogP contribution in [0.1, 0.15) is 34.5 Å². The number of rotatable bonds is 7. The maximum absolute atomic E-state index is 12.7. The molecular weight excluding hydrogens is 384 g/mol. The maximum Gasteiger partial charge on any atom is 0.253 e. The van der Waals surface area contributed by atoms with Crippen LogP contribution in [0.5, 0.6) is 0 Å². The van der Waals surface area contributed by atoms with Gasteiger partial charge in [-0.3, -0.25) is 14.7 Å². The van der Waals surface area contributed by atoms with E-state index in [1.54, 1.807) is 0 Å². The number of hydrogen-bond donors (Lipinski definition) is 1. The number of carbonyl (C=O) groups is 1. The number of piperazine rings is 1. The Morgan fingerprint density at radius 1 is 0.968 bits per heavy atom. The number of carbonyl (C=O) groups excluding carboxylic acids is 1.